The van der Waals surface area contributed by atoms with Gasteiger partial charge < -0.3 is 4.90 Å². The van der Waals surface area contributed by atoms with E-state index in [1.165, 1.54) is 6.42 Å². The first-order valence-corrected chi connectivity index (χ1v) is 8.61. The Kier molecular flexibility index (Phi) is 4.77. The molecule has 0 radical (unpaired) electrons. The molecule has 3 rings (SSSR count). The van der Waals surface area contributed by atoms with Crippen LogP contribution in [-0.4, -0.2) is 46.9 Å². The molecule has 3 heterocycles. The van der Waals surface area contributed by atoms with Crippen LogP contribution in [0.2, 0.25) is 0 Å². The predicted molar refractivity (Wildman–Crippen MR) is 87.6 cm³/mol. The number of nitrogens with zero attached hydrogens (tertiary/aromatic N) is 3. The lowest BCUT2D eigenvalue weighted by Gasteiger charge is -2.18. The summed E-state index contributed by atoms with van der Waals surface area (Å²) in [5.41, 5.74) is 1.63. The van der Waals surface area contributed by atoms with Crippen LogP contribution >= 0.6 is 0 Å². The van der Waals surface area contributed by atoms with Crippen LogP contribution in [0.5, 0.6) is 0 Å². The van der Waals surface area contributed by atoms with E-state index in [1.54, 1.807) is 0 Å². The van der Waals surface area contributed by atoms with Crippen LogP contribution < -0.4 is 0 Å². The van der Waals surface area contributed by atoms with E-state index in [1.807, 2.05) is 23.1 Å². The first-order chi connectivity index (χ1) is 10.6. The third kappa shape index (κ3) is 3.49. The van der Waals surface area contributed by atoms with Gasteiger partial charge >= 0.3 is 0 Å². The first-order valence-electron chi connectivity index (χ1n) is 8.61. The molecule has 2 aliphatic rings. The average molecular weight is 301 g/mol. The zero-order valence-electron chi connectivity index (χ0n) is 13.8. The van der Waals surface area contributed by atoms with Crippen molar-refractivity contribution < 1.29 is 4.79 Å². The van der Waals surface area contributed by atoms with Gasteiger partial charge in [0.1, 0.15) is 5.69 Å². The van der Waals surface area contributed by atoms with Gasteiger partial charge in [-0.3, -0.25) is 9.69 Å². The number of carbonyl (C=O) groups excluding carboxylic acids is 1. The Morgan fingerprint density at radius 3 is 2.73 bits per heavy atom. The molecule has 1 unspecified atom stereocenters. The molecule has 1 aromatic heterocycles. The van der Waals surface area contributed by atoms with Gasteiger partial charge in [0.15, 0.2) is 0 Å². The summed E-state index contributed by atoms with van der Waals surface area (Å²) >= 11 is 0. The van der Waals surface area contributed by atoms with Crippen molar-refractivity contribution in [3.63, 3.8) is 0 Å². The molecule has 0 spiro atoms. The largest absolute Gasteiger partial charge is 0.337 e. The minimum absolute atomic E-state index is 0.0980. The molecule has 2 fully saturated rings. The van der Waals surface area contributed by atoms with Crippen LogP contribution in [0, 0.1) is 11.8 Å². The Morgan fingerprint density at radius 1 is 1.27 bits per heavy atom. The van der Waals surface area contributed by atoms with Crippen molar-refractivity contribution >= 4 is 5.91 Å². The summed E-state index contributed by atoms with van der Waals surface area (Å²) in [4.78, 5) is 21.4. The van der Waals surface area contributed by atoms with Crippen molar-refractivity contribution in [3.05, 3.63) is 29.6 Å². The van der Waals surface area contributed by atoms with Crippen molar-refractivity contribution in [3.8, 4) is 0 Å². The predicted octanol–water partition coefficient (Wildman–Crippen LogP) is 2.80. The molecule has 0 bridgehead atoms. The van der Waals surface area contributed by atoms with Crippen molar-refractivity contribution in [2.24, 2.45) is 11.8 Å². The van der Waals surface area contributed by atoms with E-state index in [0.29, 0.717) is 5.69 Å². The van der Waals surface area contributed by atoms with Gasteiger partial charge in [-0.1, -0.05) is 19.9 Å². The molecule has 120 valence electrons. The molecule has 1 amide bonds. The van der Waals surface area contributed by atoms with Gasteiger partial charge in [-0.05, 0) is 49.8 Å². The van der Waals surface area contributed by atoms with Crippen molar-refractivity contribution in [1.29, 1.82) is 0 Å². The monoisotopic (exact) mass is 301 g/mol. The summed E-state index contributed by atoms with van der Waals surface area (Å²) in [6.45, 7) is 9.55. The van der Waals surface area contributed by atoms with Gasteiger partial charge in [-0.15, -0.1) is 0 Å². The number of likely N-dealkylation sites (tertiary alicyclic amines) is 2. The molecular weight excluding hydrogens is 274 g/mol. The summed E-state index contributed by atoms with van der Waals surface area (Å²) in [7, 11) is 0. The summed E-state index contributed by atoms with van der Waals surface area (Å²) in [5, 5.41) is 0. The second kappa shape index (κ2) is 6.78. The summed E-state index contributed by atoms with van der Waals surface area (Å²) < 4.78 is 0. The average Bonchev–Trinajstić information content (AvgIpc) is 3.18. The number of amides is 1. The molecule has 2 aliphatic heterocycles. The van der Waals surface area contributed by atoms with Gasteiger partial charge in [0.05, 0.1) is 5.69 Å². The minimum atomic E-state index is 0.0980. The number of pyridine rings is 1. The van der Waals surface area contributed by atoms with E-state index in [-0.39, 0.29) is 5.91 Å². The maximum Gasteiger partial charge on any atom is 0.272 e. The lowest BCUT2D eigenvalue weighted by atomic mass is 9.95. The number of carbonyl (C=O) groups is 1. The lowest BCUT2D eigenvalue weighted by molar-refractivity contribution is 0.0786. The molecule has 0 saturated carbocycles. The number of hydrogen-bond donors (Lipinski definition) is 0. The Balaban J connectivity index is 1.63. The van der Waals surface area contributed by atoms with Crippen molar-refractivity contribution in [1.82, 2.24) is 14.8 Å². The van der Waals surface area contributed by atoms with Crippen LogP contribution in [0.4, 0.5) is 0 Å². The van der Waals surface area contributed by atoms with E-state index in [4.69, 9.17) is 0 Å². The summed E-state index contributed by atoms with van der Waals surface area (Å²) in [6.07, 6.45) is 3.52. The van der Waals surface area contributed by atoms with Gasteiger partial charge in [-0.2, -0.15) is 0 Å². The maximum atomic E-state index is 12.4. The van der Waals surface area contributed by atoms with Crippen molar-refractivity contribution in [2.75, 3.05) is 26.2 Å². The normalized spacial score (nSPS) is 22.7. The Morgan fingerprint density at radius 2 is 2.05 bits per heavy atom. The highest BCUT2D eigenvalue weighted by molar-refractivity contribution is 5.92. The Labute approximate surface area is 133 Å². The van der Waals surface area contributed by atoms with Crippen LogP contribution in [0.1, 0.15) is 49.3 Å². The van der Waals surface area contributed by atoms with E-state index >= 15 is 0 Å². The Hall–Kier alpha value is -1.42. The smallest absolute Gasteiger partial charge is 0.272 e. The zero-order chi connectivity index (χ0) is 15.5. The molecule has 1 atom stereocenters. The third-order valence-corrected chi connectivity index (χ3v) is 5.06. The molecule has 22 heavy (non-hydrogen) atoms. The van der Waals surface area contributed by atoms with E-state index in [2.05, 4.69) is 23.7 Å². The third-order valence-electron chi connectivity index (χ3n) is 5.06. The zero-order valence-corrected chi connectivity index (χ0v) is 13.8. The Bertz CT molecular complexity index is 523. The standard InChI is InChI=1S/C18H27N3O/c1-14(2)15-8-11-20(12-15)13-16-6-5-7-17(19-16)18(22)21-9-3-4-10-21/h5-7,14-15H,3-4,8-13H2,1-2H3. The van der Waals surface area contributed by atoms with Crippen molar-refractivity contribution in [2.45, 2.75) is 39.7 Å². The molecule has 4 nitrogen and oxygen atoms in total. The molecule has 0 N–H and O–H groups in total. The van der Waals surface area contributed by atoms with E-state index < -0.39 is 0 Å². The van der Waals surface area contributed by atoms with Gasteiger partial charge in [0, 0.05) is 26.2 Å². The highest BCUT2D eigenvalue weighted by Crippen LogP contribution is 2.24. The maximum absolute atomic E-state index is 12.4. The fourth-order valence-electron chi connectivity index (χ4n) is 3.55. The van der Waals surface area contributed by atoms with Crippen LogP contribution in [-0.2, 0) is 6.54 Å². The van der Waals surface area contributed by atoms with Crippen LogP contribution in [0.25, 0.3) is 0 Å². The number of hydrogen-bond acceptors (Lipinski definition) is 3. The quantitative estimate of drug-likeness (QED) is 0.858. The molecular formula is C18H27N3O. The topological polar surface area (TPSA) is 36.4 Å². The summed E-state index contributed by atoms with van der Waals surface area (Å²) in [6, 6.07) is 5.87. The molecule has 1 aromatic rings. The fraction of sp³-hybridized carbons (Fsp3) is 0.667. The SMILES string of the molecule is CC(C)C1CCN(Cc2cccc(C(=O)N3CCCC3)n2)C1. The number of aromatic nitrogens is 1. The second-order valence-electron chi connectivity index (χ2n) is 7.04. The van der Waals surface area contributed by atoms with Gasteiger partial charge in [0.2, 0.25) is 0 Å². The first kappa shape index (κ1) is 15.5. The fourth-order valence-corrected chi connectivity index (χ4v) is 3.55. The summed E-state index contributed by atoms with van der Waals surface area (Å²) in [5.74, 6) is 1.65. The lowest BCUT2D eigenvalue weighted by Crippen LogP contribution is -2.29. The van der Waals surface area contributed by atoms with E-state index in [9.17, 15) is 4.79 Å². The highest BCUT2D eigenvalue weighted by Gasteiger charge is 2.25. The van der Waals surface area contributed by atoms with Gasteiger partial charge in [-0.25, -0.2) is 4.98 Å². The molecule has 0 aromatic carbocycles. The van der Waals surface area contributed by atoms with Crippen LogP contribution in [0.15, 0.2) is 18.2 Å². The minimum Gasteiger partial charge on any atom is -0.337 e. The molecule has 0 aliphatic carbocycles. The highest BCUT2D eigenvalue weighted by atomic mass is 16.2. The van der Waals surface area contributed by atoms with E-state index in [0.717, 1.165) is 63.1 Å². The van der Waals surface area contributed by atoms with Crippen LogP contribution in [0.3, 0.4) is 0 Å². The molecule has 4 heteroatoms. The second-order valence-corrected chi connectivity index (χ2v) is 7.04. The van der Waals surface area contributed by atoms with Gasteiger partial charge in [0.25, 0.3) is 5.91 Å². The molecule has 2 saturated heterocycles. The number of rotatable bonds is 4.